The maximum absolute atomic E-state index is 14.1. The molecule has 33 heavy (non-hydrogen) atoms. The Labute approximate surface area is 196 Å². The van der Waals surface area contributed by atoms with E-state index in [0.717, 1.165) is 29.1 Å². The highest BCUT2D eigenvalue weighted by Gasteiger charge is 2.52. The Morgan fingerprint density at radius 2 is 1.97 bits per heavy atom. The van der Waals surface area contributed by atoms with E-state index in [4.69, 9.17) is 5.11 Å². The van der Waals surface area contributed by atoms with Crippen molar-refractivity contribution in [3.8, 4) is 0 Å². The minimum absolute atomic E-state index is 0.0604. The van der Waals surface area contributed by atoms with Gasteiger partial charge in [-0.25, -0.2) is 4.79 Å². The Hall–Kier alpha value is -2.58. The van der Waals surface area contributed by atoms with E-state index in [0.29, 0.717) is 12.8 Å². The van der Waals surface area contributed by atoms with Crippen LogP contribution in [-0.4, -0.2) is 51.6 Å². The minimum Gasteiger partial charge on any atom is -0.477 e. The normalized spacial score (nSPS) is 19.8. The molecule has 5 nitrogen and oxygen atoms in total. The SMILES string of the molecule is C[C@H](CCc1ccccc1)[C@H](O)C=C[C@H]1CC(F)(F)C(=O)N1CCCc1ccc(C(=O)O)s1. The van der Waals surface area contributed by atoms with Gasteiger partial charge in [-0.15, -0.1) is 11.3 Å². The highest BCUT2D eigenvalue weighted by Crippen LogP contribution is 2.34. The van der Waals surface area contributed by atoms with E-state index < -0.39 is 36.4 Å². The minimum atomic E-state index is -3.42. The van der Waals surface area contributed by atoms with E-state index in [1.165, 1.54) is 28.7 Å². The number of aliphatic hydroxyl groups excluding tert-OH is 1. The molecule has 1 aromatic carbocycles. The first-order valence-electron chi connectivity index (χ1n) is 11.1. The summed E-state index contributed by atoms with van der Waals surface area (Å²) < 4.78 is 28.2. The summed E-state index contributed by atoms with van der Waals surface area (Å²) in [5.41, 5.74) is 1.17. The van der Waals surface area contributed by atoms with Gasteiger partial charge in [0.05, 0.1) is 12.1 Å². The number of hydrogen-bond acceptors (Lipinski definition) is 4. The number of aryl methyl sites for hydroxylation is 2. The molecule has 178 valence electrons. The van der Waals surface area contributed by atoms with Gasteiger partial charge in [0.1, 0.15) is 4.88 Å². The van der Waals surface area contributed by atoms with Crippen LogP contribution in [0.1, 0.15) is 46.3 Å². The molecule has 8 heteroatoms. The number of thiophene rings is 1. The second-order valence-corrected chi connectivity index (χ2v) is 9.69. The van der Waals surface area contributed by atoms with E-state index in [2.05, 4.69) is 0 Å². The van der Waals surface area contributed by atoms with Crippen molar-refractivity contribution in [3.63, 3.8) is 0 Å². The van der Waals surface area contributed by atoms with Gasteiger partial charge in [0, 0.05) is 17.8 Å². The standard InChI is InChI=1S/C25H29F2NO4S/c1-17(9-10-18-6-3-2-4-7-18)21(29)13-11-19-16-25(26,27)24(32)28(19)15-5-8-20-12-14-22(33-20)23(30)31/h2-4,6-7,11-14,17,19,21,29H,5,8-10,15-16H2,1H3,(H,30,31)/t17-,19+,21-/m1/s1. The van der Waals surface area contributed by atoms with Crippen LogP contribution < -0.4 is 0 Å². The molecular weight excluding hydrogens is 448 g/mol. The Morgan fingerprint density at radius 3 is 2.64 bits per heavy atom. The summed E-state index contributed by atoms with van der Waals surface area (Å²) in [5, 5.41) is 19.5. The van der Waals surface area contributed by atoms with Gasteiger partial charge in [0.2, 0.25) is 0 Å². The van der Waals surface area contributed by atoms with Crippen LogP contribution in [0, 0.1) is 5.92 Å². The van der Waals surface area contributed by atoms with Gasteiger partial charge in [0.15, 0.2) is 0 Å². The van der Waals surface area contributed by atoms with Crippen LogP contribution in [0.5, 0.6) is 0 Å². The molecule has 1 amide bonds. The number of benzene rings is 1. The van der Waals surface area contributed by atoms with Crippen molar-refractivity contribution in [2.75, 3.05) is 6.54 Å². The number of hydrogen-bond donors (Lipinski definition) is 2. The van der Waals surface area contributed by atoms with Gasteiger partial charge in [-0.05, 0) is 49.3 Å². The van der Waals surface area contributed by atoms with Gasteiger partial charge >= 0.3 is 11.9 Å². The largest absolute Gasteiger partial charge is 0.477 e. The van der Waals surface area contributed by atoms with E-state index >= 15 is 0 Å². The number of halogens is 2. The van der Waals surface area contributed by atoms with Crippen LogP contribution in [0.3, 0.4) is 0 Å². The molecule has 1 aromatic heterocycles. The lowest BCUT2D eigenvalue weighted by molar-refractivity contribution is -0.148. The van der Waals surface area contributed by atoms with Gasteiger partial charge in [-0.1, -0.05) is 49.4 Å². The lowest BCUT2D eigenvalue weighted by atomic mass is 9.95. The first-order valence-corrected chi connectivity index (χ1v) is 11.9. The van der Waals surface area contributed by atoms with Crippen molar-refractivity contribution in [2.45, 2.75) is 57.1 Å². The van der Waals surface area contributed by atoms with Gasteiger partial charge < -0.3 is 15.1 Å². The topological polar surface area (TPSA) is 77.8 Å². The first-order chi connectivity index (χ1) is 15.7. The van der Waals surface area contributed by atoms with Crippen LogP contribution in [0.25, 0.3) is 0 Å². The Kier molecular flexibility index (Phi) is 8.37. The summed E-state index contributed by atoms with van der Waals surface area (Å²) in [6, 6.07) is 12.4. The number of aliphatic hydroxyl groups is 1. The summed E-state index contributed by atoms with van der Waals surface area (Å²) in [7, 11) is 0. The predicted molar refractivity (Wildman–Crippen MR) is 124 cm³/mol. The summed E-state index contributed by atoms with van der Waals surface area (Å²) in [6.07, 6.45) is 4.17. The van der Waals surface area contributed by atoms with Gasteiger partial charge in [-0.2, -0.15) is 8.78 Å². The maximum Gasteiger partial charge on any atom is 0.345 e. The van der Waals surface area contributed by atoms with E-state index in [-0.39, 0.29) is 17.3 Å². The maximum atomic E-state index is 14.1. The Morgan fingerprint density at radius 1 is 1.24 bits per heavy atom. The highest BCUT2D eigenvalue weighted by molar-refractivity contribution is 7.13. The number of carbonyl (C=O) groups excluding carboxylic acids is 1. The van der Waals surface area contributed by atoms with E-state index in [1.54, 1.807) is 6.07 Å². The van der Waals surface area contributed by atoms with E-state index in [1.807, 2.05) is 37.3 Å². The molecule has 3 rings (SSSR count). The van der Waals surface area contributed by atoms with Crippen molar-refractivity contribution < 1.29 is 28.6 Å². The molecular formula is C25H29F2NO4S. The second-order valence-electron chi connectivity index (χ2n) is 8.53. The Bertz CT molecular complexity index is 976. The molecule has 0 bridgehead atoms. The molecule has 1 aliphatic rings. The zero-order valence-corrected chi connectivity index (χ0v) is 19.3. The van der Waals surface area contributed by atoms with Crippen LogP contribution in [0.4, 0.5) is 8.78 Å². The third-order valence-electron chi connectivity index (χ3n) is 5.98. The molecule has 0 saturated carbocycles. The molecule has 2 N–H and O–H groups in total. The van der Waals surface area contributed by atoms with Crippen molar-refractivity contribution in [1.29, 1.82) is 0 Å². The van der Waals surface area contributed by atoms with Gasteiger partial charge in [-0.3, -0.25) is 4.79 Å². The summed E-state index contributed by atoms with van der Waals surface area (Å²) in [4.78, 5) is 25.4. The Balaban J connectivity index is 1.55. The number of carbonyl (C=O) groups is 2. The fourth-order valence-corrected chi connectivity index (χ4v) is 4.84. The van der Waals surface area contributed by atoms with Crippen LogP contribution in [0.2, 0.25) is 0 Å². The third kappa shape index (κ3) is 6.71. The predicted octanol–water partition coefficient (Wildman–Crippen LogP) is 4.80. The average molecular weight is 478 g/mol. The van der Waals surface area contributed by atoms with Crippen LogP contribution in [0.15, 0.2) is 54.6 Å². The number of carboxylic acid groups (broad SMARTS) is 1. The van der Waals surface area contributed by atoms with Crippen molar-refractivity contribution in [3.05, 3.63) is 69.9 Å². The second kappa shape index (κ2) is 11.0. The number of likely N-dealkylation sites (tertiary alicyclic amines) is 1. The van der Waals surface area contributed by atoms with Gasteiger partial charge in [0.25, 0.3) is 5.91 Å². The first kappa shape index (κ1) is 25.1. The molecule has 0 aliphatic carbocycles. The molecule has 3 atom stereocenters. The number of alkyl halides is 2. The third-order valence-corrected chi connectivity index (χ3v) is 7.11. The van der Waals surface area contributed by atoms with Crippen molar-refractivity contribution in [1.82, 2.24) is 4.90 Å². The quantitative estimate of drug-likeness (QED) is 0.456. The fraction of sp³-hybridized carbons (Fsp3) is 0.440. The number of aromatic carboxylic acids is 1. The van der Waals surface area contributed by atoms with Crippen LogP contribution in [-0.2, 0) is 17.6 Å². The number of rotatable bonds is 11. The van der Waals surface area contributed by atoms with Crippen molar-refractivity contribution in [2.24, 2.45) is 5.92 Å². The molecule has 2 aromatic rings. The smallest absolute Gasteiger partial charge is 0.345 e. The highest BCUT2D eigenvalue weighted by atomic mass is 32.1. The zero-order chi connectivity index (χ0) is 24.0. The zero-order valence-electron chi connectivity index (χ0n) is 18.5. The summed E-state index contributed by atoms with van der Waals surface area (Å²) in [5.74, 6) is -5.67. The van der Waals surface area contributed by atoms with Crippen LogP contribution >= 0.6 is 11.3 Å². The number of nitrogens with zero attached hydrogens (tertiary/aromatic N) is 1. The fourth-order valence-electron chi connectivity index (χ4n) is 3.95. The lowest BCUT2D eigenvalue weighted by Gasteiger charge is -2.22. The monoisotopic (exact) mass is 477 g/mol. The average Bonchev–Trinajstić information content (AvgIpc) is 3.35. The molecule has 1 saturated heterocycles. The molecule has 1 aliphatic heterocycles. The van der Waals surface area contributed by atoms with E-state index in [9.17, 15) is 23.5 Å². The lowest BCUT2D eigenvalue weighted by Crippen LogP contribution is -2.36. The molecule has 2 heterocycles. The number of amides is 1. The molecule has 1 fully saturated rings. The molecule has 0 spiro atoms. The van der Waals surface area contributed by atoms with Crippen molar-refractivity contribution >= 4 is 23.2 Å². The summed E-state index contributed by atoms with van der Waals surface area (Å²) in [6.45, 7) is 2.06. The molecule has 0 unspecified atom stereocenters. The number of carboxylic acids is 1. The summed E-state index contributed by atoms with van der Waals surface area (Å²) >= 11 is 1.15. The molecule has 0 radical (unpaired) electrons.